The van der Waals surface area contributed by atoms with Crippen molar-refractivity contribution in [2.24, 2.45) is 5.92 Å². The molecule has 1 aromatic carbocycles. The lowest BCUT2D eigenvalue weighted by molar-refractivity contribution is -0.00846. The fourth-order valence-electron chi connectivity index (χ4n) is 3.62. The number of carbonyl (C=O) groups excluding carboxylic acids is 1. The SMILES string of the molecule is CC(C)C[C@@H]1C[C@H](NC(=O)c2cccc(-c3noc(C4CC4)n3)c2)CCO1. The van der Waals surface area contributed by atoms with Crippen LogP contribution in [-0.4, -0.2) is 34.8 Å². The van der Waals surface area contributed by atoms with Crippen LogP contribution in [0.3, 0.4) is 0 Å². The minimum Gasteiger partial charge on any atom is -0.378 e. The minimum atomic E-state index is -0.0574. The number of carbonyl (C=O) groups is 1. The van der Waals surface area contributed by atoms with Crippen molar-refractivity contribution in [3.63, 3.8) is 0 Å². The molecule has 2 heterocycles. The summed E-state index contributed by atoms with van der Waals surface area (Å²) >= 11 is 0. The van der Waals surface area contributed by atoms with Crippen LogP contribution < -0.4 is 5.32 Å². The first-order valence-electron chi connectivity index (χ1n) is 9.95. The largest absolute Gasteiger partial charge is 0.378 e. The van der Waals surface area contributed by atoms with Crippen LogP contribution in [0.15, 0.2) is 28.8 Å². The third-order valence-corrected chi connectivity index (χ3v) is 5.19. The highest BCUT2D eigenvalue weighted by Gasteiger charge is 2.30. The van der Waals surface area contributed by atoms with Gasteiger partial charge in [-0.15, -0.1) is 0 Å². The van der Waals surface area contributed by atoms with E-state index in [1.165, 1.54) is 0 Å². The molecule has 4 rings (SSSR count). The number of hydrogen-bond acceptors (Lipinski definition) is 5. The van der Waals surface area contributed by atoms with E-state index in [1.807, 2.05) is 24.3 Å². The van der Waals surface area contributed by atoms with E-state index >= 15 is 0 Å². The Kier molecular flexibility index (Phi) is 5.25. The fourth-order valence-corrected chi connectivity index (χ4v) is 3.62. The van der Waals surface area contributed by atoms with E-state index < -0.39 is 0 Å². The van der Waals surface area contributed by atoms with Gasteiger partial charge in [-0.1, -0.05) is 31.1 Å². The quantitative estimate of drug-likeness (QED) is 0.834. The Hall–Kier alpha value is -2.21. The van der Waals surface area contributed by atoms with Crippen molar-refractivity contribution in [1.82, 2.24) is 15.5 Å². The number of benzene rings is 1. The predicted octanol–water partition coefficient (Wildman–Crippen LogP) is 3.94. The highest BCUT2D eigenvalue weighted by Crippen LogP contribution is 2.39. The monoisotopic (exact) mass is 369 g/mol. The molecule has 1 N–H and O–H groups in total. The Balaban J connectivity index is 1.41. The van der Waals surface area contributed by atoms with E-state index in [0.29, 0.717) is 35.7 Å². The summed E-state index contributed by atoms with van der Waals surface area (Å²) in [7, 11) is 0. The number of nitrogens with zero attached hydrogens (tertiary/aromatic N) is 2. The maximum absolute atomic E-state index is 12.7. The zero-order valence-electron chi connectivity index (χ0n) is 16.0. The highest BCUT2D eigenvalue weighted by molar-refractivity contribution is 5.95. The highest BCUT2D eigenvalue weighted by atomic mass is 16.5. The van der Waals surface area contributed by atoms with Gasteiger partial charge in [-0.2, -0.15) is 4.98 Å². The molecule has 2 aliphatic rings. The van der Waals surface area contributed by atoms with Crippen molar-refractivity contribution in [2.75, 3.05) is 6.61 Å². The standard InChI is InChI=1S/C21H27N3O3/c1-13(2)10-18-12-17(8-9-26-18)22-20(25)16-5-3-4-15(11-16)19-23-21(27-24-19)14-6-7-14/h3-5,11,13-14,17-18H,6-10,12H2,1-2H3,(H,22,25)/t17-,18-/m1/s1. The first kappa shape index (κ1) is 18.2. The Bertz CT molecular complexity index is 797. The summed E-state index contributed by atoms with van der Waals surface area (Å²) < 4.78 is 11.2. The van der Waals surface area contributed by atoms with Crippen molar-refractivity contribution in [1.29, 1.82) is 0 Å². The second kappa shape index (κ2) is 7.80. The van der Waals surface area contributed by atoms with Gasteiger partial charge < -0.3 is 14.6 Å². The molecule has 0 unspecified atom stereocenters. The van der Waals surface area contributed by atoms with E-state index in [4.69, 9.17) is 9.26 Å². The molecule has 1 aliphatic carbocycles. The first-order valence-corrected chi connectivity index (χ1v) is 9.95. The molecule has 2 fully saturated rings. The normalized spacial score (nSPS) is 22.8. The van der Waals surface area contributed by atoms with Gasteiger partial charge in [-0.05, 0) is 50.2 Å². The molecule has 0 spiro atoms. The van der Waals surface area contributed by atoms with Crippen LogP contribution in [0.1, 0.15) is 68.1 Å². The minimum absolute atomic E-state index is 0.0574. The summed E-state index contributed by atoms with van der Waals surface area (Å²) in [5, 5.41) is 7.23. The Morgan fingerprint density at radius 3 is 2.93 bits per heavy atom. The lowest BCUT2D eigenvalue weighted by atomic mass is 9.96. The van der Waals surface area contributed by atoms with Crippen LogP contribution in [-0.2, 0) is 4.74 Å². The van der Waals surface area contributed by atoms with Gasteiger partial charge in [0.1, 0.15) is 0 Å². The van der Waals surface area contributed by atoms with Crippen LogP contribution in [0.25, 0.3) is 11.4 Å². The number of hydrogen-bond donors (Lipinski definition) is 1. The zero-order valence-corrected chi connectivity index (χ0v) is 16.0. The summed E-state index contributed by atoms with van der Waals surface area (Å²) in [6.45, 7) is 5.10. The molecule has 2 aromatic rings. The van der Waals surface area contributed by atoms with Gasteiger partial charge in [0.2, 0.25) is 11.7 Å². The third kappa shape index (κ3) is 4.56. The number of rotatable bonds is 6. The van der Waals surface area contributed by atoms with Crippen molar-refractivity contribution in [3.05, 3.63) is 35.7 Å². The summed E-state index contributed by atoms with van der Waals surface area (Å²) in [4.78, 5) is 17.2. The molecule has 0 radical (unpaired) electrons. The topological polar surface area (TPSA) is 77.3 Å². The van der Waals surface area contributed by atoms with E-state index in [1.54, 1.807) is 0 Å². The molecular weight excluding hydrogens is 342 g/mol. The van der Waals surface area contributed by atoms with Crippen molar-refractivity contribution < 1.29 is 14.1 Å². The molecule has 6 heteroatoms. The van der Waals surface area contributed by atoms with Gasteiger partial charge in [0.15, 0.2) is 0 Å². The summed E-state index contributed by atoms with van der Waals surface area (Å²) in [5.41, 5.74) is 1.43. The van der Waals surface area contributed by atoms with E-state index in [2.05, 4.69) is 29.3 Å². The number of aromatic nitrogens is 2. The van der Waals surface area contributed by atoms with E-state index in [-0.39, 0.29) is 18.1 Å². The van der Waals surface area contributed by atoms with E-state index in [9.17, 15) is 4.79 Å². The number of amides is 1. The van der Waals surface area contributed by atoms with E-state index in [0.717, 1.165) is 37.7 Å². The molecule has 0 bridgehead atoms. The molecule has 6 nitrogen and oxygen atoms in total. The molecule has 27 heavy (non-hydrogen) atoms. The van der Waals surface area contributed by atoms with Gasteiger partial charge in [-0.25, -0.2) is 0 Å². The van der Waals surface area contributed by atoms with Crippen molar-refractivity contribution in [3.8, 4) is 11.4 Å². The summed E-state index contributed by atoms with van der Waals surface area (Å²) in [5.74, 6) is 2.22. The van der Waals surface area contributed by atoms with Gasteiger partial charge in [-0.3, -0.25) is 4.79 Å². The van der Waals surface area contributed by atoms with Gasteiger partial charge in [0, 0.05) is 29.7 Å². The molecule has 2 atom stereocenters. The average Bonchev–Trinajstić information content (AvgIpc) is 3.38. The molecule has 1 saturated carbocycles. The van der Waals surface area contributed by atoms with Crippen LogP contribution >= 0.6 is 0 Å². The second-order valence-electron chi connectivity index (χ2n) is 8.13. The smallest absolute Gasteiger partial charge is 0.251 e. The lowest BCUT2D eigenvalue weighted by Crippen LogP contribution is -2.42. The Morgan fingerprint density at radius 2 is 2.15 bits per heavy atom. The Morgan fingerprint density at radius 1 is 1.30 bits per heavy atom. The molecule has 144 valence electrons. The van der Waals surface area contributed by atoms with Crippen LogP contribution in [0.4, 0.5) is 0 Å². The molecule has 1 aliphatic heterocycles. The second-order valence-corrected chi connectivity index (χ2v) is 8.13. The molecule has 1 saturated heterocycles. The number of nitrogens with one attached hydrogen (secondary N) is 1. The third-order valence-electron chi connectivity index (χ3n) is 5.19. The summed E-state index contributed by atoms with van der Waals surface area (Å²) in [6, 6.07) is 7.59. The lowest BCUT2D eigenvalue weighted by Gasteiger charge is -2.31. The van der Waals surface area contributed by atoms with Crippen molar-refractivity contribution >= 4 is 5.91 Å². The maximum Gasteiger partial charge on any atom is 0.251 e. The fraction of sp³-hybridized carbons (Fsp3) is 0.571. The zero-order chi connectivity index (χ0) is 18.8. The Labute approximate surface area is 159 Å². The summed E-state index contributed by atoms with van der Waals surface area (Å²) in [6.07, 6.45) is 5.23. The molecule has 1 amide bonds. The van der Waals surface area contributed by atoms with Crippen LogP contribution in [0.2, 0.25) is 0 Å². The average molecular weight is 369 g/mol. The van der Waals surface area contributed by atoms with Gasteiger partial charge >= 0.3 is 0 Å². The van der Waals surface area contributed by atoms with Crippen LogP contribution in [0, 0.1) is 5.92 Å². The predicted molar refractivity (Wildman–Crippen MR) is 101 cm³/mol. The molecular formula is C21H27N3O3. The molecule has 1 aromatic heterocycles. The number of ether oxygens (including phenoxy) is 1. The van der Waals surface area contributed by atoms with Gasteiger partial charge in [0.05, 0.1) is 6.10 Å². The van der Waals surface area contributed by atoms with Crippen molar-refractivity contribution in [2.45, 2.75) is 64.0 Å². The van der Waals surface area contributed by atoms with Gasteiger partial charge in [0.25, 0.3) is 5.91 Å². The first-order chi connectivity index (χ1) is 13.1. The maximum atomic E-state index is 12.7. The van der Waals surface area contributed by atoms with Crippen LogP contribution in [0.5, 0.6) is 0 Å².